The highest BCUT2D eigenvalue weighted by molar-refractivity contribution is 5.77. The Morgan fingerprint density at radius 1 is 0.510 bits per heavy atom. The van der Waals surface area contributed by atoms with E-state index in [1.54, 1.807) is 20.8 Å². The van der Waals surface area contributed by atoms with Gasteiger partial charge in [0.1, 0.15) is 34.5 Å². The minimum absolute atomic E-state index is 0.0520. The number of hydrogen-bond acceptors (Lipinski definition) is 15. The summed E-state index contributed by atoms with van der Waals surface area (Å²) in [5, 5.41) is 33.1. The van der Waals surface area contributed by atoms with E-state index < -0.39 is 36.2 Å². The Labute approximate surface area is 293 Å². The molecule has 0 fully saturated rings. The van der Waals surface area contributed by atoms with E-state index in [4.69, 9.17) is 28.4 Å². The van der Waals surface area contributed by atoms with Gasteiger partial charge < -0.3 is 43.7 Å². The highest BCUT2D eigenvalue weighted by Gasteiger charge is 2.23. The molecule has 4 aromatic rings. The number of carbonyl (C=O) groups excluding carboxylic acids is 3. The lowest BCUT2D eigenvalue weighted by atomic mass is 10.1. The normalized spacial score (nSPS) is 12.6. The second-order valence-electron chi connectivity index (χ2n) is 10.9. The Morgan fingerprint density at radius 3 is 0.980 bits per heavy atom. The first-order valence-corrected chi connectivity index (χ1v) is 16.1. The number of nitrogens with zero attached hydrogens (tertiary/aromatic N) is 3. The van der Waals surface area contributed by atoms with E-state index in [1.807, 2.05) is 0 Å². The topological polar surface area (TPSA) is 206 Å². The maximum Gasteiger partial charge on any atom is 0.347 e. The van der Waals surface area contributed by atoms with Crippen molar-refractivity contribution in [3.8, 4) is 68.7 Å². The second kappa shape index (κ2) is 17.0. The van der Waals surface area contributed by atoms with Crippen LogP contribution in [0.5, 0.6) is 34.5 Å². The molecule has 15 heteroatoms. The first-order chi connectivity index (χ1) is 24.3. The van der Waals surface area contributed by atoms with Gasteiger partial charge >= 0.3 is 17.9 Å². The molecule has 3 aromatic carbocycles. The number of rotatable bonds is 15. The SMILES string of the molecule is CCOC(=O)C(C)Oc1ccc(-c2nc(-c3ccc(OC(C)C(=O)OCC)cc3O)nc(-c3ccc(OC(C)C(=O)OCC)cc3O)n2)c(O)c1. The van der Waals surface area contributed by atoms with Crippen LogP contribution in [0.25, 0.3) is 34.2 Å². The molecule has 3 atom stereocenters. The summed E-state index contributed by atoms with van der Waals surface area (Å²) in [6.45, 7) is 10.1. The van der Waals surface area contributed by atoms with Gasteiger partial charge in [-0.3, -0.25) is 0 Å². The average molecular weight is 706 g/mol. The maximum absolute atomic E-state index is 12.0. The van der Waals surface area contributed by atoms with Gasteiger partial charge in [-0.05, 0) is 77.9 Å². The first kappa shape index (κ1) is 37.7. The first-order valence-electron chi connectivity index (χ1n) is 16.1. The molecule has 0 spiro atoms. The smallest absolute Gasteiger partial charge is 0.347 e. The summed E-state index contributed by atoms with van der Waals surface area (Å²) in [6.07, 6.45) is -2.84. The van der Waals surface area contributed by atoms with Gasteiger partial charge in [-0.1, -0.05) is 0 Å². The summed E-state index contributed by atoms with van der Waals surface area (Å²) >= 11 is 0. The number of esters is 3. The number of ether oxygens (including phenoxy) is 6. The van der Waals surface area contributed by atoms with Crippen molar-refractivity contribution in [1.82, 2.24) is 15.0 Å². The molecule has 0 aliphatic heterocycles. The molecule has 1 aromatic heterocycles. The van der Waals surface area contributed by atoms with Crippen molar-refractivity contribution >= 4 is 17.9 Å². The highest BCUT2D eigenvalue weighted by Crippen LogP contribution is 2.38. The molecule has 0 saturated carbocycles. The predicted molar refractivity (Wildman–Crippen MR) is 181 cm³/mol. The zero-order valence-corrected chi connectivity index (χ0v) is 28.9. The average Bonchev–Trinajstić information content (AvgIpc) is 3.08. The third-order valence-corrected chi connectivity index (χ3v) is 7.06. The molecular formula is C36H39N3O12. The Hall–Kier alpha value is -6.12. The maximum atomic E-state index is 12.0. The molecule has 3 unspecified atom stereocenters. The van der Waals surface area contributed by atoms with Crippen LogP contribution in [0.1, 0.15) is 41.5 Å². The molecule has 3 N–H and O–H groups in total. The van der Waals surface area contributed by atoms with Crippen LogP contribution in [-0.2, 0) is 28.6 Å². The van der Waals surface area contributed by atoms with E-state index in [-0.39, 0.29) is 88.5 Å². The number of carbonyl (C=O) groups is 3. The van der Waals surface area contributed by atoms with Crippen LogP contribution in [0.15, 0.2) is 54.6 Å². The molecule has 0 aliphatic rings. The van der Waals surface area contributed by atoms with Crippen LogP contribution in [0.2, 0.25) is 0 Å². The predicted octanol–water partition coefficient (Wildman–Crippen LogP) is 4.98. The molecule has 0 aliphatic carbocycles. The fourth-order valence-electron chi connectivity index (χ4n) is 4.59. The fourth-order valence-corrected chi connectivity index (χ4v) is 4.59. The van der Waals surface area contributed by atoms with Crippen molar-refractivity contribution < 1.29 is 58.1 Å². The standard InChI is InChI=1S/C36H39N3O12/c1-7-46-34(43)19(4)49-22-10-13-25(28(40)16-22)31-37-32(26-14-11-23(17-29(26)41)50-20(5)35(44)47-8-2)39-33(38-31)27-15-12-24(18-30(27)42)51-21(6)36(45)48-9-3/h10-21,40-42H,7-9H2,1-6H3. The third kappa shape index (κ3) is 9.53. The van der Waals surface area contributed by atoms with Crippen LogP contribution in [0.3, 0.4) is 0 Å². The molecule has 0 amide bonds. The van der Waals surface area contributed by atoms with Crippen molar-refractivity contribution in [1.29, 1.82) is 0 Å². The number of phenols is 3. The lowest BCUT2D eigenvalue weighted by Crippen LogP contribution is -2.26. The van der Waals surface area contributed by atoms with Gasteiger partial charge in [-0.15, -0.1) is 0 Å². The molecule has 0 bridgehead atoms. The summed E-state index contributed by atoms with van der Waals surface area (Å²) < 4.78 is 31.8. The van der Waals surface area contributed by atoms with Crippen LogP contribution >= 0.6 is 0 Å². The number of aromatic hydroxyl groups is 3. The van der Waals surface area contributed by atoms with Crippen molar-refractivity contribution in [2.45, 2.75) is 59.9 Å². The van der Waals surface area contributed by atoms with Gasteiger partial charge in [0, 0.05) is 18.2 Å². The van der Waals surface area contributed by atoms with Crippen molar-refractivity contribution in [2.75, 3.05) is 19.8 Å². The van der Waals surface area contributed by atoms with Gasteiger partial charge in [0.25, 0.3) is 0 Å². The Morgan fingerprint density at radius 2 is 0.765 bits per heavy atom. The highest BCUT2D eigenvalue weighted by atomic mass is 16.6. The van der Waals surface area contributed by atoms with Crippen LogP contribution in [-0.4, -0.2) is 86.3 Å². The molecule has 51 heavy (non-hydrogen) atoms. The number of hydrogen-bond donors (Lipinski definition) is 3. The molecule has 270 valence electrons. The van der Waals surface area contributed by atoms with E-state index in [2.05, 4.69) is 15.0 Å². The number of phenolic OH excluding ortho intramolecular Hbond substituents is 3. The fraction of sp³-hybridized carbons (Fsp3) is 0.333. The van der Waals surface area contributed by atoms with E-state index in [0.29, 0.717) is 0 Å². The quantitative estimate of drug-likeness (QED) is 0.110. The zero-order chi connectivity index (χ0) is 37.2. The molecule has 0 saturated heterocycles. The van der Waals surface area contributed by atoms with Gasteiger partial charge in [-0.25, -0.2) is 29.3 Å². The Kier molecular flexibility index (Phi) is 12.6. The Balaban J connectivity index is 1.76. The third-order valence-electron chi connectivity index (χ3n) is 7.06. The minimum atomic E-state index is -0.948. The molecule has 0 radical (unpaired) electrons. The lowest BCUT2D eigenvalue weighted by molar-refractivity contribution is -0.151. The Bertz CT molecular complexity index is 1660. The number of aromatic nitrogens is 3. The molecule has 4 rings (SSSR count). The largest absolute Gasteiger partial charge is 0.507 e. The summed E-state index contributed by atoms with van der Waals surface area (Å²) in [4.78, 5) is 49.6. The van der Waals surface area contributed by atoms with E-state index in [1.165, 1.54) is 75.4 Å². The molecule has 15 nitrogen and oxygen atoms in total. The molecule has 1 heterocycles. The van der Waals surface area contributed by atoms with Crippen molar-refractivity contribution in [2.24, 2.45) is 0 Å². The molecular weight excluding hydrogens is 666 g/mol. The summed E-state index contributed by atoms with van der Waals surface area (Å²) in [5.74, 6) is -2.32. The van der Waals surface area contributed by atoms with E-state index in [0.717, 1.165) is 0 Å². The van der Waals surface area contributed by atoms with E-state index >= 15 is 0 Å². The summed E-state index contributed by atoms with van der Waals surface area (Å²) in [5.41, 5.74) is 0.379. The monoisotopic (exact) mass is 705 g/mol. The minimum Gasteiger partial charge on any atom is -0.507 e. The second-order valence-corrected chi connectivity index (χ2v) is 10.9. The lowest BCUT2D eigenvalue weighted by Gasteiger charge is -2.16. The van der Waals surface area contributed by atoms with Crippen molar-refractivity contribution in [3.05, 3.63) is 54.6 Å². The van der Waals surface area contributed by atoms with Gasteiger partial charge in [0.15, 0.2) is 35.8 Å². The van der Waals surface area contributed by atoms with Crippen LogP contribution < -0.4 is 14.2 Å². The van der Waals surface area contributed by atoms with Crippen molar-refractivity contribution in [3.63, 3.8) is 0 Å². The van der Waals surface area contributed by atoms with Gasteiger partial charge in [0.2, 0.25) is 0 Å². The van der Waals surface area contributed by atoms with Crippen LogP contribution in [0.4, 0.5) is 0 Å². The zero-order valence-electron chi connectivity index (χ0n) is 28.9. The van der Waals surface area contributed by atoms with E-state index in [9.17, 15) is 29.7 Å². The van der Waals surface area contributed by atoms with Gasteiger partial charge in [-0.2, -0.15) is 0 Å². The summed E-state index contributed by atoms with van der Waals surface area (Å²) in [7, 11) is 0. The number of benzene rings is 3. The van der Waals surface area contributed by atoms with Gasteiger partial charge in [0.05, 0.1) is 36.5 Å². The summed E-state index contributed by atoms with van der Waals surface area (Å²) in [6, 6.07) is 12.7. The van der Waals surface area contributed by atoms with Crippen LogP contribution in [0, 0.1) is 0 Å².